The van der Waals surface area contributed by atoms with Gasteiger partial charge in [-0.3, -0.25) is 4.79 Å². The fourth-order valence-corrected chi connectivity index (χ4v) is 3.40. The molecule has 0 aromatic rings. The minimum absolute atomic E-state index is 0.0804. The Labute approximate surface area is 106 Å². The SMILES string of the molecule is CC(CN)C(=O)NC1CC(C)(C)CC(C)(C)C1. The summed E-state index contributed by atoms with van der Waals surface area (Å²) in [4.78, 5) is 11.9. The van der Waals surface area contributed by atoms with Gasteiger partial charge in [-0.2, -0.15) is 0 Å². The minimum Gasteiger partial charge on any atom is -0.353 e. The molecule has 0 saturated heterocycles. The second-order valence-corrected chi connectivity index (χ2v) is 7.26. The van der Waals surface area contributed by atoms with Crippen LogP contribution in [0, 0.1) is 16.7 Å². The molecule has 1 amide bonds. The van der Waals surface area contributed by atoms with E-state index in [0.717, 1.165) is 12.8 Å². The fourth-order valence-electron chi connectivity index (χ4n) is 3.40. The van der Waals surface area contributed by atoms with Gasteiger partial charge in [0.15, 0.2) is 0 Å². The van der Waals surface area contributed by atoms with Crippen molar-refractivity contribution in [3.05, 3.63) is 0 Å². The largest absolute Gasteiger partial charge is 0.353 e. The van der Waals surface area contributed by atoms with Gasteiger partial charge >= 0.3 is 0 Å². The van der Waals surface area contributed by atoms with Crippen molar-refractivity contribution in [1.82, 2.24) is 5.32 Å². The monoisotopic (exact) mass is 240 g/mol. The van der Waals surface area contributed by atoms with E-state index in [2.05, 4.69) is 33.0 Å². The zero-order valence-corrected chi connectivity index (χ0v) is 12.0. The molecule has 3 heteroatoms. The molecule has 3 N–H and O–H groups in total. The lowest BCUT2D eigenvalue weighted by Gasteiger charge is -2.45. The summed E-state index contributed by atoms with van der Waals surface area (Å²) in [6.07, 6.45) is 3.36. The Morgan fingerprint density at radius 2 is 1.76 bits per heavy atom. The van der Waals surface area contributed by atoms with Crippen molar-refractivity contribution in [1.29, 1.82) is 0 Å². The maximum atomic E-state index is 11.9. The van der Waals surface area contributed by atoms with E-state index in [4.69, 9.17) is 5.73 Å². The highest BCUT2D eigenvalue weighted by Gasteiger charge is 2.39. The highest BCUT2D eigenvalue weighted by Crippen LogP contribution is 2.45. The maximum Gasteiger partial charge on any atom is 0.224 e. The van der Waals surface area contributed by atoms with Gasteiger partial charge in [0.2, 0.25) is 5.91 Å². The van der Waals surface area contributed by atoms with Gasteiger partial charge in [0.1, 0.15) is 0 Å². The number of amides is 1. The normalized spacial score (nSPS) is 25.3. The molecule has 1 atom stereocenters. The first kappa shape index (κ1) is 14.5. The quantitative estimate of drug-likeness (QED) is 0.795. The number of hydrogen-bond acceptors (Lipinski definition) is 2. The smallest absolute Gasteiger partial charge is 0.224 e. The van der Waals surface area contributed by atoms with Gasteiger partial charge in [-0.05, 0) is 30.1 Å². The molecule has 17 heavy (non-hydrogen) atoms. The molecular weight excluding hydrogens is 212 g/mol. The van der Waals surface area contributed by atoms with E-state index in [1.54, 1.807) is 0 Å². The molecule has 1 saturated carbocycles. The van der Waals surface area contributed by atoms with E-state index in [9.17, 15) is 4.79 Å². The first-order valence-electron chi connectivity index (χ1n) is 6.66. The van der Waals surface area contributed by atoms with E-state index in [-0.39, 0.29) is 11.8 Å². The first-order chi connectivity index (χ1) is 7.65. The van der Waals surface area contributed by atoms with Crippen molar-refractivity contribution in [3.8, 4) is 0 Å². The number of carbonyl (C=O) groups excluding carboxylic acids is 1. The summed E-state index contributed by atoms with van der Waals surface area (Å²) in [5, 5.41) is 3.16. The van der Waals surface area contributed by atoms with Crippen LogP contribution in [0.4, 0.5) is 0 Å². The molecule has 0 spiro atoms. The van der Waals surface area contributed by atoms with Gasteiger partial charge in [-0.15, -0.1) is 0 Å². The average Bonchev–Trinajstić information content (AvgIpc) is 2.11. The number of rotatable bonds is 3. The molecule has 0 bridgehead atoms. The van der Waals surface area contributed by atoms with Crippen LogP contribution >= 0.6 is 0 Å². The summed E-state index contributed by atoms with van der Waals surface area (Å²) in [6, 6.07) is 0.301. The van der Waals surface area contributed by atoms with Gasteiger partial charge in [0, 0.05) is 18.5 Å². The van der Waals surface area contributed by atoms with Crippen molar-refractivity contribution in [2.75, 3.05) is 6.54 Å². The molecule has 100 valence electrons. The lowest BCUT2D eigenvalue weighted by Crippen LogP contribution is -2.48. The lowest BCUT2D eigenvalue weighted by atomic mass is 9.63. The van der Waals surface area contributed by atoms with Crippen molar-refractivity contribution < 1.29 is 4.79 Å². The second kappa shape index (κ2) is 4.97. The molecule has 0 radical (unpaired) electrons. The van der Waals surface area contributed by atoms with Crippen molar-refractivity contribution in [2.45, 2.75) is 59.9 Å². The molecule has 1 aliphatic rings. The van der Waals surface area contributed by atoms with E-state index in [1.165, 1.54) is 6.42 Å². The van der Waals surface area contributed by atoms with Crippen LogP contribution < -0.4 is 11.1 Å². The van der Waals surface area contributed by atoms with Crippen molar-refractivity contribution >= 4 is 5.91 Å². The number of nitrogens with two attached hydrogens (primary N) is 1. The van der Waals surface area contributed by atoms with Crippen LogP contribution in [-0.2, 0) is 4.79 Å². The molecule has 1 unspecified atom stereocenters. The zero-order valence-electron chi connectivity index (χ0n) is 12.0. The van der Waals surface area contributed by atoms with Crippen LogP contribution in [0.3, 0.4) is 0 Å². The zero-order chi connectivity index (χ0) is 13.3. The molecular formula is C14H28N2O. The van der Waals surface area contributed by atoms with Crippen LogP contribution in [0.2, 0.25) is 0 Å². The van der Waals surface area contributed by atoms with Crippen LogP contribution in [0.15, 0.2) is 0 Å². The third-order valence-electron chi connectivity index (χ3n) is 3.70. The Morgan fingerprint density at radius 3 is 2.18 bits per heavy atom. The van der Waals surface area contributed by atoms with E-state index < -0.39 is 0 Å². The molecule has 1 rings (SSSR count). The van der Waals surface area contributed by atoms with Crippen molar-refractivity contribution in [3.63, 3.8) is 0 Å². The Kier molecular flexibility index (Phi) is 4.23. The van der Waals surface area contributed by atoms with Gasteiger partial charge in [-0.25, -0.2) is 0 Å². The third kappa shape index (κ3) is 4.30. The Morgan fingerprint density at radius 1 is 1.29 bits per heavy atom. The highest BCUT2D eigenvalue weighted by atomic mass is 16.1. The van der Waals surface area contributed by atoms with Crippen LogP contribution in [0.1, 0.15) is 53.9 Å². The summed E-state index contributed by atoms with van der Waals surface area (Å²) in [6.45, 7) is 11.5. The van der Waals surface area contributed by atoms with Gasteiger partial charge < -0.3 is 11.1 Å². The maximum absolute atomic E-state index is 11.9. The molecule has 0 heterocycles. The topological polar surface area (TPSA) is 55.1 Å². The molecule has 1 fully saturated rings. The predicted molar refractivity (Wildman–Crippen MR) is 71.6 cm³/mol. The number of carbonyl (C=O) groups is 1. The summed E-state index contributed by atoms with van der Waals surface area (Å²) >= 11 is 0. The van der Waals surface area contributed by atoms with Crippen molar-refractivity contribution in [2.24, 2.45) is 22.5 Å². The van der Waals surface area contributed by atoms with Crippen LogP contribution in [0.25, 0.3) is 0 Å². The van der Waals surface area contributed by atoms with E-state index >= 15 is 0 Å². The highest BCUT2D eigenvalue weighted by molar-refractivity contribution is 5.78. The summed E-state index contributed by atoms with van der Waals surface area (Å²) in [5.41, 5.74) is 6.15. The van der Waals surface area contributed by atoms with E-state index in [1.807, 2.05) is 6.92 Å². The van der Waals surface area contributed by atoms with E-state index in [0.29, 0.717) is 23.4 Å². The van der Waals surface area contributed by atoms with Gasteiger partial charge in [0.25, 0.3) is 0 Å². The number of hydrogen-bond donors (Lipinski definition) is 2. The van der Waals surface area contributed by atoms with Crippen LogP contribution in [-0.4, -0.2) is 18.5 Å². The molecule has 3 nitrogen and oxygen atoms in total. The summed E-state index contributed by atoms with van der Waals surface area (Å²) < 4.78 is 0. The third-order valence-corrected chi connectivity index (χ3v) is 3.70. The first-order valence-corrected chi connectivity index (χ1v) is 6.66. The number of nitrogens with one attached hydrogen (secondary N) is 1. The minimum atomic E-state index is -0.0804. The van der Waals surface area contributed by atoms with Gasteiger partial charge in [-0.1, -0.05) is 34.6 Å². The van der Waals surface area contributed by atoms with Crippen LogP contribution in [0.5, 0.6) is 0 Å². The molecule has 0 aromatic carbocycles. The Bertz CT molecular complexity index is 268. The fraction of sp³-hybridized carbons (Fsp3) is 0.929. The molecule has 1 aliphatic carbocycles. The molecule has 0 aromatic heterocycles. The average molecular weight is 240 g/mol. The summed E-state index contributed by atoms with van der Waals surface area (Å²) in [5.74, 6) is 0.0224. The second-order valence-electron chi connectivity index (χ2n) is 7.26. The van der Waals surface area contributed by atoms with Gasteiger partial charge in [0.05, 0.1) is 0 Å². The Hall–Kier alpha value is -0.570. The standard InChI is InChI=1S/C14H28N2O/c1-10(8-15)12(17)16-11-6-13(2,3)9-14(4,5)7-11/h10-11H,6-9,15H2,1-5H3,(H,16,17). The molecule has 0 aliphatic heterocycles. The lowest BCUT2D eigenvalue weighted by molar-refractivity contribution is -0.125. The summed E-state index contributed by atoms with van der Waals surface area (Å²) in [7, 11) is 0. The predicted octanol–water partition coefficient (Wildman–Crippen LogP) is 2.30. The Balaban J connectivity index is 2.63.